The number of nitrogens with one attached hydrogen (secondary N) is 1. The summed E-state index contributed by atoms with van der Waals surface area (Å²) < 4.78 is 0. The lowest BCUT2D eigenvalue weighted by Crippen LogP contribution is -2.38. The molecule has 0 saturated carbocycles. The van der Waals surface area contributed by atoms with Crippen LogP contribution in [0.3, 0.4) is 0 Å². The number of nitrogens with two attached hydrogens (primary N) is 1. The van der Waals surface area contributed by atoms with E-state index in [1.54, 1.807) is 0 Å². The van der Waals surface area contributed by atoms with Crippen molar-refractivity contribution in [2.45, 2.75) is 19.8 Å². The molecule has 3 N–H and O–H groups in total. The number of guanidine groups is 1. The Morgan fingerprint density at radius 1 is 1.32 bits per heavy atom. The molecule has 0 spiro atoms. The van der Waals surface area contributed by atoms with E-state index in [0.717, 1.165) is 25.3 Å². The summed E-state index contributed by atoms with van der Waals surface area (Å²) in [6.07, 6.45) is 2.37. The van der Waals surface area contributed by atoms with Gasteiger partial charge in [0.15, 0.2) is 5.96 Å². The molecule has 0 aromatic heterocycles. The van der Waals surface area contributed by atoms with Crippen LogP contribution in [0.5, 0.6) is 0 Å². The van der Waals surface area contributed by atoms with Gasteiger partial charge in [-0.3, -0.25) is 4.99 Å². The minimum absolute atomic E-state index is 0.287. The van der Waals surface area contributed by atoms with Crippen molar-refractivity contribution in [2.24, 2.45) is 16.1 Å². The van der Waals surface area contributed by atoms with Crippen LogP contribution in [0.4, 0.5) is 5.69 Å². The van der Waals surface area contributed by atoms with Gasteiger partial charge in [-0.05, 0) is 50.5 Å². The highest BCUT2D eigenvalue weighted by Crippen LogP contribution is 2.30. The van der Waals surface area contributed by atoms with Crippen molar-refractivity contribution in [3.63, 3.8) is 0 Å². The first kappa shape index (κ1) is 13.9. The Balaban J connectivity index is 1.87. The number of piperidine rings is 1. The van der Waals surface area contributed by atoms with Crippen LogP contribution in [0.1, 0.15) is 19.8 Å². The molecule has 1 aromatic carbocycles. The van der Waals surface area contributed by atoms with Gasteiger partial charge in [0.25, 0.3) is 0 Å². The van der Waals surface area contributed by atoms with Gasteiger partial charge < -0.3 is 16.0 Å². The second-order valence-electron chi connectivity index (χ2n) is 5.81. The van der Waals surface area contributed by atoms with E-state index in [-0.39, 0.29) is 5.41 Å². The third kappa shape index (κ3) is 4.24. The van der Waals surface area contributed by atoms with Crippen LogP contribution >= 0.6 is 0 Å². The minimum atomic E-state index is 0.287. The quantitative estimate of drug-likeness (QED) is 0.647. The van der Waals surface area contributed by atoms with Crippen LogP contribution < -0.4 is 11.1 Å². The summed E-state index contributed by atoms with van der Waals surface area (Å²) in [6, 6.07) is 9.92. The summed E-state index contributed by atoms with van der Waals surface area (Å²) in [7, 11) is 2.17. The molecule has 1 aromatic rings. The monoisotopic (exact) mass is 260 g/mol. The van der Waals surface area contributed by atoms with E-state index in [4.69, 9.17) is 5.73 Å². The SMILES string of the molecule is CN1CCC(C)(CN=C(N)Nc2ccccc2)CC1. The van der Waals surface area contributed by atoms with E-state index in [1.807, 2.05) is 30.3 Å². The van der Waals surface area contributed by atoms with Crippen LogP contribution in [0, 0.1) is 5.41 Å². The Bertz CT molecular complexity index is 419. The normalized spacial score (nSPS) is 20.2. The Labute approximate surface area is 115 Å². The summed E-state index contributed by atoms with van der Waals surface area (Å²) in [5.74, 6) is 0.506. The zero-order valence-corrected chi connectivity index (χ0v) is 11.9. The van der Waals surface area contributed by atoms with Gasteiger partial charge >= 0.3 is 0 Å². The summed E-state index contributed by atoms with van der Waals surface area (Å²) in [5.41, 5.74) is 7.21. The largest absolute Gasteiger partial charge is 0.370 e. The molecule has 0 amide bonds. The van der Waals surface area contributed by atoms with Gasteiger partial charge in [-0.1, -0.05) is 25.1 Å². The molecule has 19 heavy (non-hydrogen) atoms. The lowest BCUT2D eigenvalue weighted by Gasteiger charge is -2.36. The summed E-state index contributed by atoms with van der Waals surface area (Å²) in [4.78, 5) is 6.88. The highest BCUT2D eigenvalue weighted by Gasteiger charge is 2.28. The standard InChI is InChI=1S/C15H24N4/c1-15(8-10-19(2)11-9-15)12-17-14(16)18-13-6-4-3-5-7-13/h3-7H,8-12H2,1-2H3,(H3,16,17,18). The van der Waals surface area contributed by atoms with E-state index in [9.17, 15) is 0 Å². The van der Waals surface area contributed by atoms with Crippen molar-refractivity contribution in [1.82, 2.24) is 4.90 Å². The third-order valence-corrected chi connectivity index (χ3v) is 3.87. The lowest BCUT2D eigenvalue weighted by molar-refractivity contribution is 0.147. The first-order valence-electron chi connectivity index (χ1n) is 6.88. The maximum absolute atomic E-state index is 5.94. The van der Waals surface area contributed by atoms with Gasteiger partial charge in [0.05, 0.1) is 0 Å². The predicted octanol–water partition coefficient (Wildman–Crippen LogP) is 2.15. The number of aliphatic imine (C=N–C) groups is 1. The maximum atomic E-state index is 5.94. The Morgan fingerprint density at radius 2 is 1.95 bits per heavy atom. The van der Waals surface area contributed by atoms with Crippen LogP contribution in [0.25, 0.3) is 0 Å². The van der Waals surface area contributed by atoms with E-state index in [1.165, 1.54) is 12.8 Å². The number of likely N-dealkylation sites (tertiary alicyclic amines) is 1. The molecule has 0 unspecified atom stereocenters. The smallest absolute Gasteiger partial charge is 0.193 e. The molecular formula is C15H24N4. The van der Waals surface area contributed by atoms with Crippen molar-refractivity contribution >= 4 is 11.6 Å². The van der Waals surface area contributed by atoms with Gasteiger partial charge in [-0.2, -0.15) is 0 Å². The summed E-state index contributed by atoms with van der Waals surface area (Å²) in [5, 5.41) is 3.12. The topological polar surface area (TPSA) is 53.6 Å². The molecule has 4 heteroatoms. The van der Waals surface area contributed by atoms with Crippen molar-refractivity contribution in [1.29, 1.82) is 0 Å². The fraction of sp³-hybridized carbons (Fsp3) is 0.533. The average molecular weight is 260 g/mol. The maximum Gasteiger partial charge on any atom is 0.193 e. The first-order chi connectivity index (χ1) is 9.07. The molecular weight excluding hydrogens is 236 g/mol. The molecule has 0 atom stereocenters. The second-order valence-corrected chi connectivity index (χ2v) is 5.81. The van der Waals surface area contributed by atoms with E-state index < -0.39 is 0 Å². The number of anilines is 1. The molecule has 104 valence electrons. The van der Waals surface area contributed by atoms with Crippen molar-refractivity contribution in [3.05, 3.63) is 30.3 Å². The van der Waals surface area contributed by atoms with Crippen molar-refractivity contribution in [2.75, 3.05) is 32.0 Å². The number of rotatable bonds is 3. The molecule has 0 bridgehead atoms. The zero-order valence-electron chi connectivity index (χ0n) is 11.9. The highest BCUT2D eigenvalue weighted by molar-refractivity contribution is 5.92. The van der Waals surface area contributed by atoms with Gasteiger partial charge in [-0.15, -0.1) is 0 Å². The number of benzene rings is 1. The van der Waals surface area contributed by atoms with E-state index in [0.29, 0.717) is 5.96 Å². The third-order valence-electron chi connectivity index (χ3n) is 3.87. The van der Waals surface area contributed by atoms with Gasteiger partial charge in [-0.25, -0.2) is 0 Å². The van der Waals surface area contributed by atoms with Gasteiger partial charge in [0.1, 0.15) is 0 Å². The predicted molar refractivity (Wildman–Crippen MR) is 81.4 cm³/mol. The Kier molecular flexibility index (Phi) is 4.43. The fourth-order valence-corrected chi connectivity index (χ4v) is 2.30. The molecule has 2 rings (SSSR count). The van der Waals surface area contributed by atoms with Crippen LogP contribution in [-0.4, -0.2) is 37.5 Å². The Hall–Kier alpha value is -1.55. The molecule has 1 heterocycles. The number of nitrogens with zero attached hydrogens (tertiary/aromatic N) is 2. The molecule has 0 aliphatic carbocycles. The molecule has 4 nitrogen and oxygen atoms in total. The number of hydrogen-bond donors (Lipinski definition) is 2. The zero-order chi connectivity index (χ0) is 13.7. The molecule has 1 aliphatic heterocycles. The minimum Gasteiger partial charge on any atom is -0.370 e. The lowest BCUT2D eigenvalue weighted by atomic mass is 9.80. The fourth-order valence-electron chi connectivity index (χ4n) is 2.30. The van der Waals surface area contributed by atoms with Crippen LogP contribution in [0.2, 0.25) is 0 Å². The second kappa shape index (κ2) is 6.06. The van der Waals surface area contributed by atoms with Crippen LogP contribution in [-0.2, 0) is 0 Å². The van der Waals surface area contributed by atoms with Gasteiger partial charge in [0.2, 0.25) is 0 Å². The van der Waals surface area contributed by atoms with Gasteiger partial charge in [0, 0.05) is 12.2 Å². The number of hydrogen-bond acceptors (Lipinski definition) is 2. The van der Waals surface area contributed by atoms with Crippen molar-refractivity contribution < 1.29 is 0 Å². The molecule has 1 saturated heterocycles. The first-order valence-corrected chi connectivity index (χ1v) is 6.88. The van der Waals surface area contributed by atoms with Crippen LogP contribution in [0.15, 0.2) is 35.3 Å². The van der Waals surface area contributed by atoms with E-state index >= 15 is 0 Å². The molecule has 1 fully saturated rings. The highest BCUT2D eigenvalue weighted by atomic mass is 15.1. The summed E-state index contributed by atoms with van der Waals surface area (Å²) >= 11 is 0. The molecule has 1 aliphatic rings. The summed E-state index contributed by atoms with van der Waals surface area (Å²) in [6.45, 7) is 5.40. The van der Waals surface area contributed by atoms with E-state index in [2.05, 4.69) is 29.2 Å². The molecule has 0 radical (unpaired) electrons. The van der Waals surface area contributed by atoms with Crippen molar-refractivity contribution in [3.8, 4) is 0 Å². The number of para-hydroxylation sites is 1. The average Bonchev–Trinajstić information content (AvgIpc) is 2.42. The Morgan fingerprint density at radius 3 is 2.58 bits per heavy atom.